The first-order valence-electron chi connectivity index (χ1n) is 8.25. The van der Waals surface area contributed by atoms with Gasteiger partial charge in [-0.05, 0) is 44.6 Å². The molecule has 0 saturated heterocycles. The second kappa shape index (κ2) is 6.19. The van der Waals surface area contributed by atoms with Gasteiger partial charge >= 0.3 is 5.97 Å². The van der Waals surface area contributed by atoms with Gasteiger partial charge in [-0.1, -0.05) is 25.0 Å². The Bertz CT molecular complexity index is 540. The lowest BCUT2D eigenvalue weighted by atomic mass is 9.78. The molecule has 22 heavy (non-hydrogen) atoms. The van der Waals surface area contributed by atoms with Gasteiger partial charge in [0, 0.05) is 5.56 Å². The van der Waals surface area contributed by atoms with Gasteiger partial charge in [0.15, 0.2) is 11.5 Å². The van der Waals surface area contributed by atoms with Crippen LogP contribution in [0, 0.1) is 0 Å². The third-order valence-electron chi connectivity index (χ3n) is 5.17. The van der Waals surface area contributed by atoms with E-state index in [4.69, 9.17) is 9.47 Å². The fraction of sp³-hybridized carbons (Fsp3) is 0.611. The van der Waals surface area contributed by atoms with Gasteiger partial charge in [-0.15, -0.1) is 0 Å². The van der Waals surface area contributed by atoms with E-state index in [1.807, 2.05) is 18.2 Å². The fourth-order valence-corrected chi connectivity index (χ4v) is 3.92. The zero-order valence-electron chi connectivity index (χ0n) is 13.1. The number of carbonyl (C=O) groups is 1. The number of carboxylic acids is 1. The van der Waals surface area contributed by atoms with E-state index in [1.54, 1.807) is 7.11 Å². The van der Waals surface area contributed by atoms with Crippen molar-refractivity contribution in [3.05, 3.63) is 23.8 Å². The largest absolute Gasteiger partial charge is 0.493 e. The van der Waals surface area contributed by atoms with E-state index < -0.39 is 11.4 Å². The highest BCUT2D eigenvalue weighted by Crippen LogP contribution is 2.48. The molecule has 0 spiro atoms. The lowest BCUT2D eigenvalue weighted by Gasteiger charge is -2.29. The summed E-state index contributed by atoms with van der Waals surface area (Å²) in [5.41, 5.74) is -0.0218. The Morgan fingerprint density at radius 3 is 2.45 bits per heavy atom. The number of para-hydroxylation sites is 1. The summed E-state index contributed by atoms with van der Waals surface area (Å²) in [5, 5.41) is 9.87. The van der Waals surface area contributed by atoms with E-state index in [-0.39, 0.29) is 6.10 Å². The van der Waals surface area contributed by atoms with Crippen LogP contribution < -0.4 is 9.47 Å². The number of hydrogen-bond donors (Lipinski definition) is 1. The minimum atomic E-state index is -0.817. The van der Waals surface area contributed by atoms with Crippen LogP contribution in [-0.4, -0.2) is 24.3 Å². The van der Waals surface area contributed by atoms with Gasteiger partial charge in [0.25, 0.3) is 0 Å². The Balaban J connectivity index is 2.03. The van der Waals surface area contributed by atoms with Crippen molar-refractivity contribution in [1.29, 1.82) is 0 Å². The van der Waals surface area contributed by atoms with Gasteiger partial charge in [-0.3, -0.25) is 4.79 Å². The molecular formula is C18H24O4. The van der Waals surface area contributed by atoms with Crippen molar-refractivity contribution >= 4 is 5.97 Å². The fourth-order valence-electron chi connectivity index (χ4n) is 3.92. The molecule has 2 aliphatic carbocycles. The van der Waals surface area contributed by atoms with Crippen LogP contribution in [-0.2, 0) is 10.2 Å². The minimum Gasteiger partial charge on any atom is -0.493 e. The van der Waals surface area contributed by atoms with Gasteiger partial charge in [-0.25, -0.2) is 0 Å². The molecule has 4 heteroatoms. The zero-order chi connectivity index (χ0) is 15.6. The molecule has 0 bridgehead atoms. The number of hydrogen-bond acceptors (Lipinski definition) is 3. The second-order valence-electron chi connectivity index (χ2n) is 6.46. The van der Waals surface area contributed by atoms with Crippen LogP contribution in [0.25, 0.3) is 0 Å². The highest BCUT2D eigenvalue weighted by atomic mass is 16.5. The maximum Gasteiger partial charge on any atom is 0.314 e. The van der Waals surface area contributed by atoms with Crippen LogP contribution >= 0.6 is 0 Å². The molecule has 0 unspecified atom stereocenters. The first-order chi connectivity index (χ1) is 10.7. The van der Waals surface area contributed by atoms with Crippen LogP contribution in [0.5, 0.6) is 11.5 Å². The quantitative estimate of drug-likeness (QED) is 0.896. The van der Waals surface area contributed by atoms with Gasteiger partial charge in [0.2, 0.25) is 0 Å². The SMILES string of the molecule is COc1cccc(C2(C(=O)O)CCCC2)c1OC1CCCC1. The molecule has 1 aromatic rings. The van der Waals surface area contributed by atoms with E-state index in [1.165, 1.54) is 12.8 Å². The van der Waals surface area contributed by atoms with Gasteiger partial charge in [0.1, 0.15) is 0 Å². The highest BCUT2D eigenvalue weighted by Gasteiger charge is 2.45. The van der Waals surface area contributed by atoms with Crippen LogP contribution in [0.15, 0.2) is 18.2 Å². The van der Waals surface area contributed by atoms with E-state index in [9.17, 15) is 9.90 Å². The summed E-state index contributed by atoms with van der Waals surface area (Å²) in [6, 6.07) is 5.64. The number of aliphatic carboxylic acids is 1. The summed E-state index contributed by atoms with van der Waals surface area (Å²) in [6.07, 6.45) is 7.88. The van der Waals surface area contributed by atoms with E-state index in [0.29, 0.717) is 24.3 Å². The van der Waals surface area contributed by atoms with Crippen LogP contribution in [0.1, 0.15) is 56.9 Å². The highest BCUT2D eigenvalue weighted by molar-refractivity contribution is 5.83. The summed E-state index contributed by atoms with van der Waals surface area (Å²) in [5.74, 6) is 0.563. The molecule has 0 heterocycles. The Kier molecular flexibility index (Phi) is 4.27. The number of carboxylic acid groups (broad SMARTS) is 1. The maximum absolute atomic E-state index is 12.0. The van der Waals surface area contributed by atoms with Gasteiger partial charge < -0.3 is 14.6 Å². The van der Waals surface area contributed by atoms with Gasteiger partial charge in [-0.2, -0.15) is 0 Å². The molecule has 0 aliphatic heterocycles. The van der Waals surface area contributed by atoms with Crippen molar-refractivity contribution in [2.24, 2.45) is 0 Å². The standard InChI is InChI=1S/C18H24O4/c1-21-15-10-6-9-14(16(15)22-13-7-2-3-8-13)18(17(19)20)11-4-5-12-18/h6,9-10,13H,2-5,7-8,11-12H2,1H3,(H,19,20). The second-order valence-corrected chi connectivity index (χ2v) is 6.46. The van der Waals surface area contributed by atoms with Crippen molar-refractivity contribution < 1.29 is 19.4 Å². The molecule has 0 amide bonds. The molecule has 2 aliphatic rings. The first-order valence-corrected chi connectivity index (χ1v) is 8.25. The molecule has 0 aromatic heterocycles. The molecular weight excluding hydrogens is 280 g/mol. The van der Waals surface area contributed by atoms with Crippen molar-refractivity contribution in [2.45, 2.75) is 62.9 Å². The first kappa shape index (κ1) is 15.2. The predicted molar refractivity (Wildman–Crippen MR) is 83.7 cm³/mol. The number of ether oxygens (including phenoxy) is 2. The average Bonchev–Trinajstić information content (AvgIpc) is 3.19. The van der Waals surface area contributed by atoms with Crippen molar-refractivity contribution in [3.63, 3.8) is 0 Å². The maximum atomic E-state index is 12.0. The lowest BCUT2D eigenvalue weighted by Crippen LogP contribution is -2.33. The molecule has 0 radical (unpaired) electrons. The minimum absolute atomic E-state index is 0.183. The molecule has 3 rings (SSSR count). The Morgan fingerprint density at radius 1 is 1.18 bits per heavy atom. The Labute approximate surface area is 131 Å². The van der Waals surface area contributed by atoms with Crippen LogP contribution in [0.2, 0.25) is 0 Å². The summed E-state index contributed by atoms with van der Waals surface area (Å²) < 4.78 is 11.7. The van der Waals surface area contributed by atoms with Crippen molar-refractivity contribution in [1.82, 2.24) is 0 Å². The third kappa shape index (κ3) is 2.55. The number of methoxy groups -OCH3 is 1. The topological polar surface area (TPSA) is 55.8 Å². The molecule has 120 valence electrons. The molecule has 2 saturated carbocycles. The molecule has 4 nitrogen and oxygen atoms in total. The third-order valence-corrected chi connectivity index (χ3v) is 5.17. The van der Waals surface area contributed by atoms with E-state index >= 15 is 0 Å². The number of benzene rings is 1. The number of rotatable bonds is 5. The normalized spacial score (nSPS) is 21.0. The smallest absolute Gasteiger partial charge is 0.314 e. The summed E-state index contributed by atoms with van der Waals surface area (Å²) in [4.78, 5) is 12.0. The van der Waals surface area contributed by atoms with E-state index in [2.05, 4.69) is 0 Å². The molecule has 1 aromatic carbocycles. The van der Waals surface area contributed by atoms with Gasteiger partial charge in [0.05, 0.1) is 18.6 Å². The molecule has 2 fully saturated rings. The summed E-state index contributed by atoms with van der Waals surface area (Å²) in [7, 11) is 1.61. The van der Waals surface area contributed by atoms with Crippen molar-refractivity contribution in [3.8, 4) is 11.5 Å². The Morgan fingerprint density at radius 2 is 1.86 bits per heavy atom. The molecule has 0 atom stereocenters. The van der Waals surface area contributed by atoms with E-state index in [0.717, 1.165) is 31.2 Å². The summed E-state index contributed by atoms with van der Waals surface area (Å²) >= 11 is 0. The zero-order valence-corrected chi connectivity index (χ0v) is 13.1. The van der Waals surface area contributed by atoms with Crippen molar-refractivity contribution in [2.75, 3.05) is 7.11 Å². The monoisotopic (exact) mass is 304 g/mol. The predicted octanol–water partition coefficient (Wildman–Crippen LogP) is 3.91. The lowest BCUT2D eigenvalue weighted by molar-refractivity contribution is -0.143. The van der Waals surface area contributed by atoms with Crippen LogP contribution in [0.4, 0.5) is 0 Å². The summed E-state index contributed by atoms with van der Waals surface area (Å²) in [6.45, 7) is 0. The molecule has 1 N–H and O–H groups in total. The average molecular weight is 304 g/mol. The Hall–Kier alpha value is -1.71. The van der Waals surface area contributed by atoms with Crippen LogP contribution in [0.3, 0.4) is 0 Å².